The Hall–Kier alpha value is -1.26. The lowest BCUT2D eigenvalue weighted by Crippen LogP contribution is -2.20. The lowest BCUT2D eigenvalue weighted by molar-refractivity contribution is -0.121. The van der Waals surface area contributed by atoms with E-state index in [2.05, 4.69) is 5.32 Å². The molecule has 3 N–H and O–H groups in total. The quantitative estimate of drug-likeness (QED) is 0.845. The van der Waals surface area contributed by atoms with E-state index in [0.717, 1.165) is 5.56 Å². The van der Waals surface area contributed by atoms with Crippen LogP contribution in [0.5, 0.6) is 5.75 Å². The minimum Gasteiger partial charge on any atom is -0.493 e. The molecule has 1 aromatic rings. The maximum absolute atomic E-state index is 11.0. The number of nitrogens with one attached hydrogen (secondary N) is 1. The summed E-state index contributed by atoms with van der Waals surface area (Å²) in [7, 11) is 1.60. The first-order valence-electron chi connectivity index (χ1n) is 5.43. The predicted octanol–water partition coefficient (Wildman–Crippen LogP) is 1.87. The summed E-state index contributed by atoms with van der Waals surface area (Å²) in [6, 6.07) is 5.12. The van der Waals surface area contributed by atoms with Gasteiger partial charge in [0.05, 0.1) is 13.0 Å². The number of amides is 1. The van der Waals surface area contributed by atoms with Crippen LogP contribution in [0, 0.1) is 0 Å². The van der Waals surface area contributed by atoms with Crippen molar-refractivity contribution in [3.8, 4) is 5.75 Å². The summed E-state index contributed by atoms with van der Waals surface area (Å²) in [6.45, 7) is 2.18. The van der Waals surface area contributed by atoms with Gasteiger partial charge in [0.25, 0.3) is 0 Å². The molecule has 0 aliphatic rings. The van der Waals surface area contributed by atoms with Crippen molar-refractivity contribution in [1.82, 2.24) is 5.32 Å². The Morgan fingerprint density at radius 2 is 2.29 bits per heavy atom. The summed E-state index contributed by atoms with van der Waals surface area (Å²) < 4.78 is 5.53. The maximum atomic E-state index is 11.0. The molecule has 0 saturated heterocycles. The van der Waals surface area contributed by atoms with Crippen molar-refractivity contribution in [3.05, 3.63) is 28.8 Å². The van der Waals surface area contributed by atoms with Crippen LogP contribution < -0.4 is 15.8 Å². The average molecular weight is 257 g/mol. The van der Waals surface area contributed by atoms with Crippen LogP contribution in [0.3, 0.4) is 0 Å². The lowest BCUT2D eigenvalue weighted by Gasteiger charge is -2.14. The highest BCUT2D eigenvalue weighted by Crippen LogP contribution is 2.27. The van der Waals surface area contributed by atoms with E-state index >= 15 is 0 Å². The molecule has 0 heterocycles. The summed E-state index contributed by atoms with van der Waals surface area (Å²) in [5.74, 6) is 0.620. The van der Waals surface area contributed by atoms with Gasteiger partial charge in [0.15, 0.2) is 0 Å². The van der Waals surface area contributed by atoms with Crippen LogP contribution in [0.15, 0.2) is 18.2 Å². The molecule has 0 fully saturated rings. The average Bonchev–Trinajstić information content (AvgIpc) is 2.30. The smallest absolute Gasteiger partial charge is 0.223 e. The Morgan fingerprint density at radius 3 is 2.88 bits per heavy atom. The highest BCUT2D eigenvalue weighted by atomic mass is 35.5. The number of rotatable bonds is 5. The largest absolute Gasteiger partial charge is 0.493 e. The number of benzene rings is 1. The Morgan fingerprint density at radius 1 is 1.59 bits per heavy atom. The molecule has 0 spiro atoms. The van der Waals surface area contributed by atoms with E-state index < -0.39 is 0 Å². The molecule has 1 rings (SSSR count). The van der Waals surface area contributed by atoms with E-state index in [-0.39, 0.29) is 11.9 Å². The molecule has 0 unspecified atom stereocenters. The van der Waals surface area contributed by atoms with E-state index in [1.807, 2.05) is 6.92 Å². The van der Waals surface area contributed by atoms with E-state index in [9.17, 15) is 4.79 Å². The first-order valence-corrected chi connectivity index (χ1v) is 5.80. The second kappa shape index (κ2) is 6.47. The first kappa shape index (κ1) is 13.8. The Bertz CT molecular complexity index is 394. The Labute approximate surface area is 106 Å². The molecule has 0 aliphatic heterocycles. The van der Waals surface area contributed by atoms with Crippen LogP contribution in [-0.2, 0) is 4.79 Å². The standard InChI is InChI=1S/C12H17ClN2O2/c1-8(14)10-7-9(13)3-4-11(10)17-6-5-12(16)15-2/h3-4,7-8H,5-6,14H2,1-2H3,(H,15,16)/t8-/m1/s1. The van der Waals surface area contributed by atoms with Crippen molar-refractivity contribution >= 4 is 17.5 Å². The zero-order valence-corrected chi connectivity index (χ0v) is 10.8. The fourth-order valence-corrected chi connectivity index (χ4v) is 1.57. The van der Waals surface area contributed by atoms with Crippen LogP contribution in [0.1, 0.15) is 24.9 Å². The lowest BCUT2D eigenvalue weighted by atomic mass is 10.1. The molecule has 1 amide bonds. The van der Waals surface area contributed by atoms with Gasteiger partial charge in [0.2, 0.25) is 5.91 Å². The van der Waals surface area contributed by atoms with Gasteiger partial charge in [-0.15, -0.1) is 0 Å². The SMILES string of the molecule is CNC(=O)CCOc1ccc(Cl)cc1[C@@H](C)N. The molecule has 5 heteroatoms. The summed E-state index contributed by atoms with van der Waals surface area (Å²) in [5, 5.41) is 3.15. The molecule has 0 aromatic heterocycles. The third-order valence-electron chi connectivity index (χ3n) is 2.33. The summed E-state index contributed by atoms with van der Waals surface area (Å²) in [5.41, 5.74) is 6.67. The van der Waals surface area contributed by atoms with Crippen molar-refractivity contribution in [2.24, 2.45) is 5.73 Å². The first-order chi connectivity index (χ1) is 8.04. The highest BCUT2D eigenvalue weighted by molar-refractivity contribution is 6.30. The van der Waals surface area contributed by atoms with E-state index in [0.29, 0.717) is 23.8 Å². The van der Waals surface area contributed by atoms with Gasteiger partial charge >= 0.3 is 0 Å². The third kappa shape index (κ3) is 4.24. The minimum absolute atomic E-state index is 0.0543. The van der Waals surface area contributed by atoms with Crippen molar-refractivity contribution < 1.29 is 9.53 Å². The number of ether oxygens (including phenoxy) is 1. The number of carbonyl (C=O) groups is 1. The fraction of sp³-hybridized carbons (Fsp3) is 0.417. The maximum Gasteiger partial charge on any atom is 0.223 e. The topological polar surface area (TPSA) is 64.3 Å². The number of hydrogen-bond donors (Lipinski definition) is 2. The van der Waals surface area contributed by atoms with Crippen LogP contribution in [0.4, 0.5) is 0 Å². The van der Waals surface area contributed by atoms with Crippen molar-refractivity contribution in [2.75, 3.05) is 13.7 Å². The van der Waals surface area contributed by atoms with Gasteiger partial charge in [-0.05, 0) is 25.1 Å². The fourth-order valence-electron chi connectivity index (χ4n) is 1.39. The summed E-state index contributed by atoms with van der Waals surface area (Å²) >= 11 is 5.89. The Kier molecular flexibility index (Phi) is 5.25. The monoisotopic (exact) mass is 256 g/mol. The van der Waals surface area contributed by atoms with Gasteiger partial charge in [-0.25, -0.2) is 0 Å². The zero-order chi connectivity index (χ0) is 12.8. The van der Waals surface area contributed by atoms with Crippen LogP contribution in [0.2, 0.25) is 5.02 Å². The molecule has 94 valence electrons. The van der Waals surface area contributed by atoms with Gasteiger partial charge in [-0.1, -0.05) is 11.6 Å². The third-order valence-corrected chi connectivity index (χ3v) is 2.56. The second-order valence-electron chi connectivity index (χ2n) is 3.74. The normalized spacial score (nSPS) is 12.0. The van der Waals surface area contributed by atoms with Gasteiger partial charge < -0.3 is 15.8 Å². The van der Waals surface area contributed by atoms with Gasteiger partial charge in [0, 0.05) is 23.7 Å². The molecule has 1 atom stereocenters. The van der Waals surface area contributed by atoms with Crippen LogP contribution in [-0.4, -0.2) is 19.6 Å². The molecular weight excluding hydrogens is 240 g/mol. The second-order valence-corrected chi connectivity index (χ2v) is 4.18. The molecule has 0 bridgehead atoms. The zero-order valence-electron chi connectivity index (χ0n) is 10.00. The van der Waals surface area contributed by atoms with Crippen molar-refractivity contribution in [2.45, 2.75) is 19.4 Å². The van der Waals surface area contributed by atoms with Crippen LogP contribution >= 0.6 is 11.6 Å². The summed E-state index contributed by atoms with van der Waals surface area (Å²) in [4.78, 5) is 11.0. The van der Waals surface area contributed by atoms with Crippen molar-refractivity contribution in [3.63, 3.8) is 0 Å². The summed E-state index contributed by atoms with van der Waals surface area (Å²) in [6.07, 6.45) is 0.317. The van der Waals surface area contributed by atoms with Gasteiger partial charge in [0.1, 0.15) is 5.75 Å². The number of halogens is 1. The molecule has 0 radical (unpaired) electrons. The number of hydrogen-bond acceptors (Lipinski definition) is 3. The minimum atomic E-state index is -0.163. The van der Waals surface area contributed by atoms with Crippen LogP contribution in [0.25, 0.3) is 0 Å². The molecular formula is C12H17ClN2O2. The van der Waals surface area contributed by atoms with Gasteiger partial charge in [-0.3, -0.25) is 4.79 Å². The molecule has 4 nitrogen and oxygen atoms in total. The molecule has 17 heavy (non-hydrogen) atoms. The van der Waals surface area contributed by atoms with Gasteiger partial charge in [-0.2, -0.15) is 0 Å². The number of carbonyl (C=O) groups excluding carboxylic acids is 1. The predicted molar refractivity (Wildman–Crippen MR) is 68.2 cm³/mol. The number of nitrogens with two attached hydrogens (primary N) is 1. The van der Waals surface area contributed by atoms with Crippen molar-refractivity contribution in [1.29, 1.82) is 0 Å². The Balaban J connectivity index is 2.67. The molecule has 0 aliphatic carbocycles. The van der Waals surface area contributed by atoms with E-state index in [4.69, 9.17) is 22.1 Å². The highest BCUT2D eigenvalue weighted by Gasteiger charge is 2.09. The van der Waals surface area contributed by atoms with E-state index in [1.54, 1.807) is 25.2 Å². The molecule has 1 aromatic carbocycles. The molecule has 0 saturated carbocycles. The van der Waals surface area contributed by atoms with E-state index in [1.165, 1.54) is 0 Å².